The van der Waals surface area contributed by atoms with Crippen LogP contribution in [0.2, 0.25) is 0 Å². The van der Waals surface area contributed by atoms with Crippen molar-refractivity contribution in [2.24, 2.45) is 5.41 Å². The SMILES string of the molecule is CCOC(=O)c1cnc2c(cnn2CC2(C(=O)OC)CC2)c1. The number of esters is 2. The minimum absolute atomic E-state index is 0.209. The molecule has 0 unspecified atom stereocenters. The van der Waals surface area contributed by atoms with Gasteiger partial charge in [0.1, 0.15) is 0 Å². The van der Waals surface area contributed by atoms with Gasteiger partial charge in [0.15, 0.2) is 5.65 Å². The van der Waals surface area contributed by atoms with Crippen LogP contribution in [0.15, 0.2) is 18.5 Å². The molecule has 1 fully saturated rings. The molecule has 2 aromatic rings. The van der Waals surface area contributed by atoms with Crippen LogP contribution in [-0.4, -0.2) is 40.4 Å². The normalized spacial score (nSPS) is 15.5. The van der Waals surface area contributed by atoms with Gasteiger partial charge in [0.2, 0.25) is 0 Å². The number of nitrogens with zero attached hydrogens (tertiary/aromatic N) is 3. The molecule has 7 heteroatoms. The molecule has 0 spiro atoms. The van der Waals surface area contributed by atoms with E-state index in [0.717, 1.165) is 18.2 Å². The van der Waals surface area contributed by atoms with Crippen LogP contribution in [0.25, 0.3) is 11.0 Å². The first kappa shape index (κ1) is 14.5. The highest BCUT2D eigenvalue weighted by Crippen LogP contribution is 2.48. The first-order chi connectivity index (χ1) is 10.6. The number of hydrogen-bond donors (Lipinski definition) is 0. The molecule has 1 saturated carbocycles. The Hall–Kier alpha value is -2.44. The second kappa shape index (κ2) is 5.40. The van der Waals surface area contributed by atoms with Gasteiger partial charge in [-0.15, -0.1) is 0 Å². The second-order valence-electron chi connectivity index (χ2n) is 5.43. The first-order valence-electron chi connectivity index (χ1n) is 7.17. The van der Waals surface area contributed by atoms with Gasteiger partial charge < -0.3 is 9.47 Å². The maximum absolute atomic E-state index is 11.8. The molecule has 0 N–H and O–H groups in total. The van der Waals surface area contributed by atoms with Gasteiger partial charge in [0.25, 0.3) is 0 Å². The Morgan fingerprint density at radius 1 is 1.36 bits per heavy atom. The van der Waals surface area contributed by atoms with Crippen molar-refractivity contribution < 1.29 is 19.1 Å². The van der Waals surface area contributed by atoms with E-state index in [0.29, 0.717) is 24.4 Å². The minimum atomic E-state index is -0.477. The van der Waals surface area contributed by atoms with Crippen LogP contribution in [-0.2, 0) is 20.8 Å². The van der Waals surface area contributed by atoms with Crippen molar-refractivity contribution in [2.45, 2.75) is 26.3 Å². The fourth-order valence-corrected chi connectivity index (χ4v) is 2.49. The molecule has 116 valence electrons. The van der Waals surface area contributed by atoms with Crippen molar-refractivity contribution in [3.8, 4) is 0 Å². The number of ether oxygens (including phenoxy) is 2. The number of methoxy groups -OCH3 is 1. The van der Waals surface area contributed by atoms with Crippen LogP contribution in [0.3, 0.4) is 0 Å². The molecule has 0 aromatic carbocycles. The first-order valence-corrected chi connectivity index (χ1v) is 7.17. The maximum atomic E-state index is 11.8. The fourth-order valence-electron chi connectivity index (χ4n) is 2.49. The van der Waals surface area contributed by atoms with Gasteiger partial charge in [0, 0.05) is 11.6 Å². The van der Waals surface area contributed by atoms with E-state index in [9.17, 15) is 9.59 Å². The van der Waals surface area contributed by atoms with E-state index in [-0.39, 0.29) is 5.97 Å². The second-order valence-corrected chi connectivity index (χ2v) is 5.43. The minimum Gasteiger partial charge on any atom is -0.469 e. The quantitative estimate of drug-likeness (QED) is 0.779. The highest BCUT2D eigenvalue weighted by molar-refractivity contribution is 5.93. The predicted octanol–water partition coefficient (Wildman–Crippen LogP) is 1.56. The summed E-state index contributed by atoms with van der Waals surface area (Å²) in [6, 6.07) is 1.70. The van der Waals surface area contributed by atoms with Crippen LogP contribution >= 0.6 is 0 Å². The van der Waals surface area contributed by atoms with E-state index in [4.69, 9.17) is 9.47 Å². The van der Waals surface area contributed by atoms with Gasteiger partial charge in [-0.3, -0.25) is 4.79 Å². The lowest BCUT2D eigenvalue weighted by molar-refractivity contribution is -0.147. The Kier molecular flexibility index (Phi) is 3.56. The van der Waals surface area contributed by atoms with Crippen LogP contribution in [0.5, 0.6) is 0 Å². The predicted molar refractivity (Wildman–Crippen MR) is 77.2 cm³/mol. The third-order valence-electron chi connectivity index (χ3n) is 3.91. The van der Waals surface area contributed by atoms with E-state index in [1.165, 1.54) is 13.3 Å². The molecule has 7 nitrogen and oxygen atoms in total. The number of pyridine rings is 1. The van der Waals surface area contributed by atoms with Gasteiger partial charge in [-0.25, -0.2) is 14.5 Å². The van der Waals surface area contributed by atoms with Gasteiger partial charge in [-0.05, 0) is 25.8 Å². The zero-order valence-corrected chi connectivity index (χ0v) is 12.5. The summed E-state index contributed by atoms with van der Waals surface area (Å²) in [5, 5.41) is 5.02. The largest absolute Gasteiger partial charge is 0.469 e. The Bertz CT molecular complexity index is 733. The third-order valence-corrected chi connectivity index (χ3v) is 3.91. The molecule has 0 saturated heterocycles. The van der Waals surface area contributed by atoms with Crippen LogP contribution in [0, 0.1) is 5.41 Å². The number of carbonyl (C=O) groups excluding carboxylic acids is 2. The number of hydrogen-bond acceptors (Lipinski definition) is 6. The highest BCUT2D eigenvalue weighted by Gasteiger charge is 2.51. The zero-order chi connectivity index (χ0) is 15.7. The van der Waals surface area contributed by atoms with Crippen molar-refractivity contribution in [2.75, 3.05) is 13.7 Å². The molecule has 0 aliphatic heterocycles. The number of fused-ring (bicyclic) bond motifs is 1. The van der Waals surface area contributed by atoms with Crippen molar-refractivity contribution >= 4 is 23.0 Å². The number of carbonyl (C=O) groups is 2. The van der Waals surface area contributed by atoms with E-state index in [1.54, 1.807) is 23.9 Å². The Labute approximate surface area is 127 Å². The van der Waals surface area contributed by atoms with Gasteiger partial charge >= 0.3 is 11.9 Å². The summed E-state index contributed by atoms with van der Waals surface area (Å²) in [6.45, 7) is 2.51. The van der Waals surface area contributed by atoms with Crippen molar-refractivity contribution in [1.29, 1.82) is 0 Å². The highest BCUT2D eigenvalue weighted by atomic mass is 16.5. The topological polar surface area (TPSA) is 83.3 Å². The smallest absolute Gasteiger partial charge is 0.339 e. The van der Waals surface area contributed by atoms with E-state index in [2.05, 4.69) is 10.1 Å². The lowest BCUT2D eigenvalue weighted by atomic mass is 10.1. The standard InChI is InChI=1S/C15H17N3O4/c1-3-22-13(19)11-6-10-8-17-18(12(10)16-7-11)9-15(4-5-15)14(20)21-2/h6-8H,3-5,9H2,1-2H3. The monoisotopic (exact) mass is 303 g/mol. The Balaban J connectivity index is 1.87. The van der Waals surface area contributed by atoms with Crippen LogP contribution in [0.4, 0.5) is 0 Å². The lowest BCUT2D eigenvalue weighted by Gasteiger charge is -2.12. The van der Waals surface area contributed by atoms with Crippen molar-refractivity contribution in [3.05, 3.63) is 24.0 Å². The summed E-state index contributed by atoms with van der Waals surface area (Å²) in [6.07, 6.45) is 4.69. The van der Waals surface area contributed by atoms with Gasteiger partial charge in [-0.2, -0.15) is 5.10 Å². The molecule has 1 aliphatic rings. The molecule has 1 aliphatic carbocycles. The molecule has 0 bridgehead atoms. The lowest BCUT2D eigenvalue weighted by Crippen LogP contribution is -2.24. The van der Waals surface area contributed by atoms with Gasteiger partial charge in [-0.1, -0.05) is 0 Å². The molecule has 22 heavy (non-hydrogen) atoms. The summed E-state index contributed by atoms with van der Waals surface area (Å²) in [4.78, 5) is 27.8. The maximum Gasteiger partial charge on any atom is 0.339 e. The summed E-state index contributed by atoms with van der Waals surface area (Å²) >= 11 is 0. The molecule has 2 heterocycles. The van der Waals surface area contributed by atoms with E-state index >= 15 is 0 Å². The zero-order valence-electron chi connectivity index (χ0n) is 12.5. The number of aromatic nitrogens is 3. The molecule has 3 rings (SSSR count). The molecular formula is C15H17N3O4. The summed E-state index contributed by atoms with van der Waals surface area (Å²) in [5.74, 6) is -0.614. The molecule has 0 radical (unpaired) electrons. The summed E-state index contributed by atoms with van der Waals surface area (Å²) < 4.78 is 11.5. The number of rotatable bonds is 5. The van der Waals surface area contributed by atoms with Gasteiger partial charge in [0.05, 0.1) is 37.4 Å². The van der Waals surface area contributed by atoms with Crippen LogP contribution in [0.1, 0.15) is 30.1 Å². The molecule has 0 amide bonds. The van der Waals surface area contributed by atoms with Crippen LogP contribution < -0.4 is 0 Å². The average Bonchev–Trinajstić information content (AvgIpc) is 3.21. The van der Waals surface area contributed by atoms with E-state index in [1.807, 2.05) is 0 Å². The Morgan fingerprint density at radius 2 is 2.14 bits per heavy atom. The summed E-state index contributed by atoms with van der Waals surface area (Å²) in [5.41, 5.74) is 0.557. The summed E-state index contributed by atoms with van der Waals surface area (Å²) in [7, 11) is 1.40. The Morgan fingerprint density at radius 3 is 2.77 bits per heavy atom. The van der Waals surface area contributed by atoms with E-state index < -0.39 is 11.4 Å². The fraction of sp³-hybridized carbons (Fsp3) is 0.467. The molecular weight excluding hydrogens is 286 g/mol. The average molecular weight is 303 g/mol. The third kappa shape index (κ3) is 2.43. The molecule has 0 atom stereocenters. The molecule has 2 aromatic heterocycles. The van der Waals surface area contributed by atoms with Crippen molar-refractivity contribution in [1.82, 2.24) is 14.8 Å². The van der Waals surface area contributed by atoms with Crippen molar-refractivity contribution in [3.63, 3.8) is 0 Å².